The second-order valence-electron chi connectivity index (χ2n) is 4.19. The minimum atomic E-state index is 0.511. The van der Waals surface area contributed by atoms with Crippen LogP contribution in [0.2, 0.25) is 5.15 Å². The van der Waals surface area contributed by atoms with Crippen LogP contribution in [0.5, 0.6) is 0 Å². The zero-order chi connectivity index (χ0) is 11.5. The van der Waals surface area contributed by atoms with Gasteiger partial charge in [-0.2, -0.15) is 0 Å². The Labute approximate surface area is 101 Å². The molecule has 0 saturated carbocycles. The van der Waals surface area contributed by atoms with Crippen molar-refractivity contribution in [2.45, 2.75) is 19.4 Å². The Morgan fingerprint density at radius 2 is 2.25 bits per heavy atom. The third kappa shape index (κ3) is 2.44. The van der Waals surface area contributed by atoms with Crippen LogP contribution < -0.4 is 4.90 Å². The number of hydrogen-bond donors (Lipinski definition) is 0. The Morgan fingerprint density at radius 1 is 1.44 bits per heavy atom. The molecule has 0 aromatic carbocycles. The van der Waals surface area contributed by atoms with Crippen LogP contribution in [0.25, 0.3) is 0 Å². The topological polar surface area (TPSA) is 32.3 Å². The third-order valence-corrected chi connectivity index (χ3v) is 3.40. The molecule has 0 N–H and O–H groups in total. The zero-order valence-corrected chi connectivity index (χ0v) is 10.5. The van der Waals surface area contributed by atoms with Gasteiger partial charge in [0.05, 0.1) is 0 Å². The highest BCUT2D eigenvalue weighted by atomic mass is 35.5. The first-order valence-electron chi connectivity index (χ1n) is 5.63. The van der Waals surface area contributed by atoms with Gasteiger partial charge in [-0.25, -0.2) is 9.97 Å². The van der Waals surface area contributed by atoms with Gasteiger partial charge in [0.15, 0.2) is 0 Å². The van der Waals surface area contributed by atoms with E-state index in [1.165, 1.54) is 6.33 Å². The van der Waals surface area contributed by atoms with Crippen LogP contribution >= 0.6 is 11.6 Å². The van der Waals surface area contributed by atoms with Gasteiger partial charge in [-0.3, -0.25) is 4.90 Å². The van der Waals surface area contributed by atoms with E-state index in [4.69, 9.17) is 11.6 Å². The quantitative estimate of drug-likeness (QED) is 0.736. The molecule has 1 aliphatic heterocycles. The standard InChI is InChI=1S/C11H17ClN4/c1-3-9-7-16(5-4-15(9)2)11-6-10(12)13-8-14-11/h6,8-9H,3-5,7H2,1-2H3. The van der Waals surface area contributed by atoms with Crippen molar-refractivity contribution in [3.63, 3.8) is 0 Å². The highest BCUT2D eigenvalue weighted by Crippen LogP contribution is 2.19. The summed E-state index contributed by atoms with van der Waals surface area (Å²) < 4.78 is 0. The van der Waals surface area contributed by atoms with Crippen molar-refractivity contribution in [1.29, 1.82) is 0 Å². The summed E-state index contributed by atoms with van der Waals surface area (Å²) in [4.78, 5) is 12.9. The van der Waals surface area contributed by atoms with Crippen molar-refractivity contribution in [2.75, 3.05) is 31.6 Å². The predicted molar refractivity (Wildman–Crippen MR) is 66.0 cm³/mol. The van der Waals surface area contributed by atoms with Gasteiger partial charge in [-0.1, -0.05) is 18.5 Å². The van der Waals surface area contributed by atoms with Gasteiger partial charge in [-0.15, -0.1) is 0 Å². The van der Waals surface area contributed by atoms with Crippen LogP contribution in [0.3, 0.4) is 0 Å². The van der Waals surface area contributed by atoms with Gasteiger partial charge in [0, 0.05) is 31.7 Å². The molecule has 2 rings (SSSR count). The van der Waals surface area contributed by atoms with Gasteiger partial charge < -0.3 is 4.90 Å². The van der Waals surface area contributed by atoms with E-state index < -0.39 is 0 Å². The number of piperazine rings is 1. The molecule has 0 spiro atoms. The van der Waals surface area contributed by atoms with E-state index in [0.29, 0.717) is 11.2 Å². The predicted octanol–water partition coefficient (Wildman–Crippen LogP) is 1.66. The van der Waals surface area contributed by atoms with Crippen molar-refractivity contribution in [2.24, 2.45) is 0 Å². The van der Waals surface area contributed by atoms with E-state index in [1.807, 2.05) is 6.07 Å². The first-order valence-corrected chi connectivity index (χ1v) is 6.01. The van der Waals surface area contributed by atoms with Gasteiger partial charge in [-0.05, 0) is 13.5 Å². The smallest absolute Gasteiger partial charge is 0.134 e. The maximum Gasteiger partial charge on any atom is 0.134 e. The fourth-order valence-corrected chi connectivity index (χ4v) is 2.23. The fraction of sp³-hybridized carbons (Fsp3) is 0.636. The number of rotatable bonds is 2. The van der Waals surface area contributed by atoms with E-state index in [-0.39, 0.29) is 0 Å². The van der Waals surface area contributed by atoms with Crippen LogP contribution in [0, 0.1) is 0 Å². The average Bonchev–Trinajstić information content (AvgIpc) is 2.29. The summed E-state index contributed by atoms with van der Waals surface area (Å²) in [5, 5.41) is 0.511. The van der Waals surface area contributed by atoms with Crippen molar-refractivity contribution < 1.29 is 0 Å². The molecule has 1 atom stereocenters. The molecule has 16 heavy (non-hydrogen) atoms. The molecular weight excluding hydrogens is 224 g/mol. The van der Waals surface area contributed by atoms with E-state index in [2.05, 4.69) is 33.7 Å². The molecule has 1 unspecified atom stereocenters. The first-order chi connectivity index (χ1) is 7.70. The maximum atomic E-state index is 5.87. The number of hydrogen-bond acceptors (Lipinski definition) is 4. The summed E-state index contributed by atoms with van der Waals surface area (Å²) in [6, 6.07) is 2.43. The number of nitrogens with zero attached hydrogens (tertiary/aromatic N) is 4. The van der Waals surface area contributed by atoms with Gasteiger partial charge >= 0.3 is 0 Å². The summed E-state index contributed by atoms with van der Waals surface area (Å²) in [5.74, 6) is 0.937. The van der Waals surface area contributed by atoms with E-state index >= 15 is 0 Å². The monoisotopic (exact) mass is 240 g/mol. The fourth-order valence-electron chi connectivity index (χ4n) is 2.09. The van der Waals surface area contributed by atoms with Crippen LogP contribution in [0.4, 0.5) is 5.82 Å². The van der Waals surface area contributed by atoms with Gasteiger partial charge in [0.2, 0.25) is 0 Å². The second kappa shape index (κ2) is 4.97. The molecule has 0 bridgehead atoms. The summed E-state index contributed by atoms with van der Waals surface area (Å²) >= 11 is 5.87. The summed E-state index contributed by atoms with van der Waals surface area (Å²) in [6.07, 6.45) is 2.68. The Balaban J connectivity index is 2.11. The summed E-state index contributed by atoms with van der Waals surface area (Å²) in [7, 11) is 2.18. The molecule has 1 fully saturated rings. The van der Waals surface area contributed by atoms with Crippen LogP contribution in [-0.2, 0) is 0 Å². The minimum Gasteiger partial charge on any atom is -0.354 e. The molecule has 1 aromatic rings. The minimum absolute atomic E-state index is 0.511. The van der Waals surface area contributed by atoms with Crippen molar-refractivity contribution in [3.05, 3.63) is 17.5 Å². The molecular formula is C11H17ClN4. The maximum absolute atomic E-state index is 5.87. The van der Waals surface area contributed by atoms with Crippen molar-refractivity contribution >= 4 is 17.4 Å². The SMILES string of the molecule is CCC1CN(c2cc(Cl)ncn2)CCN1C. The molecule has 1 aliphatic rings. The van der Waals surface area contributed by atoms with E-state index in [0.717, 1.165) is 31.9 Å². The molecule has 1 aromatic heterocycles. The lowest BCUT2D eigenvalue weighted by atomic mass is 10.1. The second-order valence-corrected chi connectivity index (χ2v) is 4.57. The van der Waals surface area contributed by atoms with Gasteiger partial charge in [0.1, 0.15) is 17.3 Å². The van der Waals surface area contributed by atoms with Crippen LogP contribution in [-0.4, -0.2) is 47.6 Å². The molecule has 0 aliphatic carbocycles. The lowest BCUT2D eigenvalue weighted by Gasteiger charge is -2.39. The van der Waals surface area contributed by atoms with E-state index in [9.17, 15) is 0 Å². The van der Waals surface area contributed by atoms with Crippen LogP contribution in [0.1, 0.15) is 13.3 Å². The molecule has 1 saturated heterocycles. The number of anilines is 1. The number of aromatic nitrogens is 2. The number of likely N-dealkylation sites (N-methyl/N-ethyl adjacent to an activating group) is 1. The van der Waals surface area contributed by atoms with E-state index in [1.54, 1.807) is 0 Å². The Hall–Kier alpha value is -0.870. The lowest BCUT2D eigenvalue weighted by molar-refractivity contribution is 0.213. The Kier molecular flexibility index (Phi) is 3.61. The van der Waals surface area contributed by atoms with Crippen molar-refractivity contribution in [1.82, 2.24) is 14.9 Å². The zero-order valence-electron chi connectivity index (χ0n) is 9.73. The summed E-state index contributed by atoms with van der Waals surface area (Å²) in [6.45, 7) is 5.30. The third-order valence-electron chi connectivity index (χ3n) is 3.19. The summed E-state index contributed by atoms with van der Waals surface area (Å²) in [5.41, 5.74) is 0. The molecule has 0 amide bonds. The number of halogens is 1. The Bertz CT molecular complexity index is 358. The Morgan fingerprint density at radius 3 is 2.94 bits per heavy atom. The molecule has 5 heteroatoms. The largest absolute Gasteiger partial charge is 0.354 e. The molecule has 4 nitrogen and oxygen atoms in total. The first kappa shape index (κ1) is 11.6. The highest BCUT2D eigenvalue weighted by Gasteiger charge is 2.23. The van der Waals surface area contributed by atoms with Gasteiger partial charge in [0.25, 0.3) is 0 Å². The highest BCUT2D eigenvalue weighted by molar-refractivity contribution is 6.29. The molecule has 0 radical (unpaired) electrons. The molecule has 88 valence electrons. The average molecular weight is 241 g/mol. The van der Waals surface area contributed by atoms with Crippen LogP contribution in [0.15, 0.2) is 12.4 Å². The van der Waals surface area contributed by atoms with Crippen molar-refractivity contribution in [3.8, 4) is 0 Å². The lowest BCUT2D eigenvalue weighted by Crippen LogP contribution is -2.51. The normalized spacial score (nSPS) is 22.4. The molecule has 2 heterocycles.